The van der Waals surface area contributed by atoms with Gasteiger partial charge in [-0.2, -0.15) is 0 Å². The Kier molecular flexibility index (Phi) is 5.62. The van der Waals surface area contributed by atoms with Crippen LogP contribution in [0.5, 0.6) is 11.5 Å². The van der Waals surface area contributed by atoms with Crippen molar-refractivity contribution < 1.29 is 19.0 Å². The average molecular weight is 292 g/mol. The van der Waals surface area contributed by atoms with Crippen molar-refractivity contribution in [2.45, 2.75) is 38.2 Å². The maximum absolute atomic E-state index is 12.9. The van der Waals surface area contributed by atoms with Gasteiger partial charge in [-0.25, -0.2) is 0 Å². The van der Waals surface area contributed by atoms with Crippen molar-refractivity contribution in [1.29, 1.82) is 0 Å². The molecule has 0 aromatic heterocycles. The zero-order valence-electron chi connectivity index (χ0n) is 13.1. The number of ether oxygens (including phenoxy) is 3. The van der Waals surface area contributed by atoms with Gasteiger partial charge >= 0.3 is 0 Å². The summed E-state index contributed by atoms with van der Waals surface area (Å²) in [7, 11) is 4.74. The van der Waals surface area contributed by atoms with Crippen molar-refractivity contribution in [2.24, 2.45) is 5.92 Å². The van der Waals surface area contributed by atoms with Crippen LogP contribution in [-0.4, -0.2) is 33.2 Å². The van der Waals surface area contributed by atoms with Gasteiger partial charge in [-0.3, -0.25) is 4.79 Å². The molecular weight excluding hydrogens is 268 g/mol. The number of carbonyl (C=O) groups is 1. The summed E-state index contributed by atoms with van der Waals surface area (Å²) >= 11 is 0. The van der Waals surface area contributed by atoms with Gasteiger partial charge < -0.3 is 14.2 Å². The Morgan fingerprint density at radius 2 is 1.62 bits per heavy atom. The lowest BCUT2D eigenvalue weighted by Gasteiger charge is -2.28. The number of hydrogen-bond donors (Lipinski definition) is 0. The van der Waals surface area contributed by atoms with E-state index in [9.17, 15) is 4.79 Å². The predicted octanol–water partition coefficient (Wildman–Crippen LogP) is 3.48. The fourth-order valence-electron chi connectivity index (χ4n) is 3.19. The van der Waals surface area contributed by atoms with E-state index >= 15 is 0 Å². The second-order valence-electron chi connectivity index (χ2n) is 5.46. The lowest BCUT2D eigenvalue weighted by Crippen LogP contribution is -2.33. The molecule has 0 bridgehead atoms. The third-order valence-electron chi connectivity index (χ3n) is 4.26. The monoisotopic (exact) mass is 292 g/mol. The maximum Gasteiger partial charge on any atom is 0.199 e. The zero-order valence-corrected chi connectivity index (χ0v) is 13.1. The Hall–Kier alpha value is -1.55. The minimum Gasteiger partial charge on any atom is -0.496 e. The van der Waals surface area contributed by atoms with Crippen molar-refractivity contribution in [3.63, 3.8) is 0 Å². The van der Waals surface area contributed by atoms with Gasteiger partial charge in [0.2, 0.25) is 0 Å². The summed E-state index contributed by atoms with van der Waals surface area (Å²) in [5.41, 5.74) is 0.486. The molecule has 1 aliphatic rings. The second-order valence-corrected chi connectivity index (χ2v) is 5.46. The van der Waals surface area contributed by atoms with Crippen LogP contribution in [0, 0.1) is 5.92 Å². The van der Waals surface area contributed by atoms with Crippen molar-refractivity contribution in [3.8, 4) is 11.5 Å². The molecule has 0 radical (unpaired) electrons. The minimum atomic E-state index is -0.421. The van der Waals surface area contributed by atoms with Crippen LogP contribution in [0.25, 0.3) is 0 Å². The van der Waals surface area contributed by atoms with Crippen molar-refractivity contribution in [2.75, 3.05) is 21.3 Å². The summed E-state index contributed by atoms with van der Waals surface area (Å²) in [5, 5.41) is 0. The maximum atomic E-state index is 12.9. The van der Waals surface area contributed by atoms with Gasteiger partial charge in [0.05, 0.1) is 14.2 Å². The topological polar surface area (TPSA) is 44.8 Å². The number of carbonyl (C=O) groups excluding carboxylic acids is 1. The second kappa shape index (κ2) is 7.46. The summed E-state index contributed by atoms with van der Waals surface area (Å²) in [5.74, 6) is 1.32. The Labute approximate surface area is 126 Å². The molecule has 0 N–H and O–H groups in total. The highest BCUT2D eigenvalue weighted by Gasteiger charge is 2.33. The normalized spacial score (nSPS) is 17.3. The average Bonchev–Trinajstić information content (AvgIpc) is 2.55. The van der Waals surface area contributed by atoms with Gasteiger partial charge in [0.25, 0.3) is 0 Å². The summed E-state index contributed by atoms with van der Waals surface area (Å²) in [4.78, 5) is 12.9. The smallest absolute Gasteiger partial charge is 0.199 e. The first-order valence-corrected chi connectivity index (χ1v) is 7.51. The van der Waals surface area contributed by atoms with E-state index in [-0.39, 0.29) is 11.7 Å². The van der Waals surface area contributed by atoms with E-state index in [1.54, 1.807) is 33.5 Å². The molecule has 1 atom stereocenters. The molecule has 1 aromatic rings. The quantitative estimate of drug-likeness (QED) is 0.753. The number of Topliss-reactive ketones (excluding diaryl/α,β-unsaturated/α-hetero) is 1. The summed E-state index contributed by atoms with van der Waals surface area (Å²) in [6.07, 6.45) is 5.25. The Bertz CT molecular complexity index is 455. The van der Waals surface area contributed by atoms with Crippen LogP contribution in [0.15, 0.2) is 18.2 Å². The van der Waals surface area contributed by atoms with Crippen LogP contribution in [0.4, 0.5) is 0 Å². The molecule has 1 fully saturated rings. The van der Waals surface area contributed by atoms with Crippen molar-refractivity contribution in [3.05, 3.63) is 23.8 Å². The number of benzene rings is 1. The van der Waals surface area contributed by atoms with Gasteiger partial charge in [0.15, 0.2) is 5.78 Å². The van der Waals surface area contributed by atoms with Gasteiger partial charge in [0.1, 0.15) is 23.2 Å². The van der Waals surface area contributed by atoms with E-state index in [2.05, 4.69) is 0 Å². The van der Waals surface area contributed by atoms with Crippen LogP contribution in [-0.2, 0) is 4.74 Å². The van der Waals surface area contributed by atoms with Crippen LogP contribution < -0.4 is 9.47 Å². The molecule has 1 aliphatic carbocycles. The lowest BCUT2D eigenvalue weighted by atomic mass is 9.82. The van der Waals surface area contributed by atoms with Crippen molar-refractivity contribution in [1.82, 2.24) is 0 Å². The molecule has 21 heavy (non-hydrogen) atoms. The Balaban J connectivity index is 2.32. The minimum absolute atomic E-state index is 0.0429. The van der Waals surface area contributed by atoms with Crippen LogP contribution in [0.2, 0.25) is 0 Å². The molecule has 0 amide bonds. The highest BCUT2D eigenvalue weighted by atomic mass is 16.5. The predicted molar refractivity (Wildman–Crippen MR) is 81.2 cm³/mol. The zero-order chi connectivity index (χ0) is 15.2. The van der Waals surface area contributed by atoms with Gasteiger partial charge in [-0.05, 0) is 30.9 Å². The fraction of sp³-hybridized carbons (Fsp3) is 0.588. The van der Waals surface area contributed by atoms with Crippen LogP contribution in [0.3, 0.4) is 0 Å². The highest BCUT2D eigenvalue weighted by molar-refractivity contribution is 6.04. The van der Waals surface area contributed by atoms with Crippen molar-refractivity contribution >= 4 is 5.78 Å². The molecule has 1 saturated carbocycles. The lowest BCUT2D eigenvalue weighted by molar-refractivity contribution is 0.0309. The molecule has 0 heterocycles. The number of rotatable bonds is 6. The van der Waals surface area contributed by atoms with E-state index in [4.69, 9.17) is 14.2 Å². The van der Waals surface area contributed by atoms with Crippen LogP contribution >= 0.6 is 0 Å². The Morgan fingerprint density at radius 1 is 1.05 bits per heavy atom. The molecule has 116 valence electrons. The molecule has 2 rings (SSSR count). The molecule has 0 aliphatic heterocycles. The molecule has 0 spiro atoms. The first-order valence-electron chi connectivity index (χ1n) is 7.51. The Morgan fingerprint density at radius 3 is 2.10 bits per heavy atom. The van der Waals surface area contributed by atoms with Gasteiger partial charge in [-0.15, -0.1) is 0 Å². The molecule has 1 aromatic carbocycles. The molecule has 1 unspecified atom stereocenters. The van der Waals surface area contributed by atoms with Gasteiger partial charge in [0, 0.05) is 7.11 Å². The summed E-state index contributed by atoms with van der Waals surface area (Å²) < 4.78 is 16.2. The van der Waals surface area contributed by atoms with E-state index < -0.39 is 6.10 Å². The van der Waals surface area contributed by atoms with E-state index in [1.165, 1.54) is 19.3 Å². The van der Waals surface area contributed by atoms with E-state index in [0.717, 1.165) is 12.8 Å². The number of methoxy groups -OCH3 is 3. The highest BCUT2D eigenvalue weighted by Crippen LogP contribution is 2.34. The molecule has 4 heteroatoms. The number of ketones is 1. The first-order chi connectivity index (χ1) is 10.2. The third-order valence-corrected chi connectivity index (χ3v) is 4.26. The van der Waals surface area contributed by atoms with Crippen LogP contribution in [0.1, 0.15) is 42.5 Å². The fourth-order valence-corrected chi connectivity index (χ4v) is 3.19. The van der Waals surface area contributed by atoms with E-state index in [0.29, 0.717) is 17.1 Å². The third kappa shape index (κ3) is 3.38. The van der Waals surface area contributed by atoms with E-state index in [1.807, 2.05) is 6.07 Å². The SMILES string of the molecule is COc1cccc(OC)c1C(=O)C(OC)C1CCCCC1. The largest absolute Gasteiger partial charge is 0.496 e. The van der Waals surface area contributed by atoms with Gasteiger partial charge in [-0.1, -0.05) is 25.3 Å². The molecular formula is C17H24O4. The molecule has 4 nitrogen and oxygen atoms in total. The number of hydrogen-bond acceptors (Lipinski definition) is 4. The standard InChI is InChI=1S/C17H24O4/c1-19-13-10-7-11-14(20-2)15(13)16(18)17(21-3)12-8-5-4-6-9-12/h7,10-12,17H,4-6,8-9H2,1-3H3. The molecule has 0 saturated heterocycles. The first kappa shape index (κ1) is 15.8. The summed E-state index contributed by atoms with van der Waals surface area (Å²) in [6.45, 7) is 0. The summed E-state index contributed by atoms with van der Waals surface area (Å²) in [6, 6.07) is 5.38.